The van der Waals surface area contributed by atoms with Crippen LogP contribution in [0.15, 0.2) is 54.2 Å². The first-order valence-electron chi connectivity index (χ1n) is 7.37. The number of carbonyl (C=O) groups is 1. The summed E-state index contributed by atoms with van der Waals surface area (Å²) in [4.78, 5) is 12.1. The van der Waals surface area contributed by atoms with Gasteiger partial charge in [0.15, 0.2) is 0 Å². The summed E-state index contributed by atoms with van der Waals surface area (Å²) in [5.41, 5.74) is 1.42. The second-order valence-electron chi connectivity index (χ2n) is 5.12. The fourth-order valence-corrected chi connectivity index (χ4v) is 2.27. The molecule has 2 aromatic carbocycles. The molecule has 0 atom stereocenters. The van der Waals surface area contributed by atoms with Crippen molar-refractivity contribution in [2.24, 2.45) is 0 Å². The normalized spacial score (nSPS) is 10.8. The Morgan fingerprint density at radius 1 is 1.16 bits per heavy atom. The van der Waals surface area contributed by atoms with Crippen LogP contribution in [0.5, 0.6) is 5.75 Å². The van der Waals surface area contributed by atoms with Crippen molar-refractivity contribution >= 4 is 34.8 Å². The third-order valence-electron chi connectivity index (χ3n) is 3.28. The van der Waals surface area contributed by atoms with Gasteiger partial charge in [-0.15, -0.1) is 0 Å². The molecule has 5 nitrogen and oxygen atoms in total. The molecule has 0 saturated carbocycles. The summed E-state index contributed by atoms with van der Waals surface area (Å²) in [5.74, 6) is -0.333. The molecule has 3 N–H and O–H groups in total. The van der Waals surface area contributed by atoms with E-state index in [1.807, 2.05) is 18.2 Å². The summed E-state index contributed by atoms with van der Waals surface area (Å²) in [6.45, 7) is 0.538. The Kier molecular flexibility index (Phi) is 6.70. The van der Waals surface area contributed by atoms with Gasteiger partial charge in [-0.3, -0.25) is 4.79 Å². The maximum absolute atomic E-state index is 12.1. The smallest absolute Gasteiger partial charge is 0.267 e. The first-order chi connectivity index (χ1) is 12.0. The topological polar surface area (TPSA) is 85.2 Å². The number of amides is 1. The number of nitrogens with one attached hydrogen (secondary N) is 2. The van der Waals surface area contributed by atoms with Crippen LogP contribution >= 0.6 is 23.2 Å². The maximum atomic E-state index is 12.1. The number of aromatic hydroxyl groups is 1. The van der Waals surface area contributed by atoms with Gasteiger partial charge in [-0.25, -0.2) is 0 Å². The first kappa shape index (κ1) is 18.7. The van der Waals surface area contributed by atoms with Crippen LogP contribution in [0.3, 0.4) is 0 Å². The molecule has 0 heterocycles. The third kappa shape index (κ3) is 5.71. The van der Waals surface area contributed by atoms with Gasteiger partial charge in [-0.05, 0) is 42.3 Å². The monoisotopic (exact) mass is 375 g/mol. The summed E-state index contributed by atoms with van der Waals surface area (Å²) in [6.07, 6.45) is 2.05. The van der Waals surface area contributed by atoms with Crippen LogP contribution in [0.2, 0.25) is 10.0 Å². The SMILES string of the molecule is N#C/C(=C/NCCc1ccc(O)cc1)C(=O)Nc1ccc(Cl)c(Cl)c1. The van der Waals surface area contributed by atoms with Gasteiger partial charge in [-0.1, -0.05) is 35.3 Å². The highest BCUT2D eigenvalue weighted by atomic mass is 35.5. The second kappa shape index (κ2) is 8.97. The number of nitriles is 1. The van der Waals surface area contributed by atoms with Gasteiger partial charge in [0.2, 0.25) is 0 Å². The summed E-state index contributed by atoms with van der Waals surface area (Å²) < 4.78 is 0. The molecule has 25 heavy (non-hydrogen) atoms. The lowest BCUT2D eigenvalue weighted by Crippen LogP contribution is -2.18. The lowest BCUT2D eigenvalue weighted by atomic mass is 10.1. The molecule has 0 fully saturated rings. The van der Waals surface area contributed by atoms with Gasteiger partial charge in [0.1, 0.15) is 17.4 Å². The summed E-state index contributed by atoms with van der Waals surface area (Å²) in [6, 6.07) is 13.3. The summed E-state index contributed by atoms with van der Waals surface area (Å²) in [5, 5.41) is 24.6. The lowest BCUT2D eigenvalue weighted by molar-refractivity contribution is -0.112. The van der Waals surface area contributed by atoms with Gasteiger partial charge >= 0.3 is 0 Å². The Hall–Kier alpha value is -2.68. The number of halogens is 2. The minimum Gasteiger partial charge on any atom is -0.508 e. The third-order valence-corrected chi connectivity index (χ3v) is 4.02. The largest absolute Gasteiger partial charge is 0.508 e. The minimum absolute atomic E-state index is 0.0585. The number of carbonyl (C=O) groups excluding carboxylic acids is 1. The molecule has 0 radical (unpaired) electrons. The molecule has 128 valence electrons. The van der Waals surface area contributed by atoms with E-state index in [-0.39, 0.29) is 11.3 Å². The van der Waals surface area contributed by atoms with Crippen molar-refractivity contribution < 1.29 is 9.90 Å². The highest BCUT2D eigenvalue weighted by Gasteiger charge is 2.10. The Morgan fingerprint density at radius 3 is 2.52 bits per heavy atom. The van der Waals surface area contributed by atoms with Crippen molar-refractivity contribution in [1.29, 1.82) is 5.26 Å². The Balaban J connectivity index is 1.90. The predicted molar refractivity (Wildman–Crippen MR) is 98.6 cm³/mol. The van der Waals surface area contributed by atoms with Crippen LogP contribution in [-0.4, -0.2) is 17.6 Å². The number of hydrogen-bond acceptors (Lipinski definition) is 4. The Bertz CT molecular complexity index is 827. The van der Waals surface area contributed by atoms with Crippen molar-refractivity contribution in [2.75, 3.05) is 11.9 Å². The van der Waals surface area contributed by atoms with Crippen molar-refractivity contribution in [3.05, 3.63) is 69.8 Å². The molecule has 1 amide bonds. The average molecular weight is 376 g/mol. The Labute approximate surface area is 155 Å². The number of benzene rings is 2. The maximum Gasteiger partial charge on any atom is 0.267 e. The highest BCUT2D eigenvalue weighted by molar-refractivity contribution is 6.42. The second-order valence-corrected chi connectivity index (χ2v) is 5.94. The van der Waals surface area contributed by atoms with Crippen LogP contribution < -0.4 is 10.6 Å². The van der Waals surface area contributed by atoms with Crippen molar-refractivity contribution in [3.8, 4) is 11.8 Å². The molecule has 2 aromatic rings. The van der Waals surface area contributed by atoms with E-state index >= 15 is 0 Å². The molecule has 0 aromatic heterocycles. The summed E-state index contributed by atoms with van der Waals surface area (Å²) in [7, 11) is 0. The summed E-state index contributed by atoms with van der Waals surface area (Å²) >= 11 is 11.7. The molecule has 0 unspecified atom stereocenters. The van der Waals surface area contributed by atoms with Gasteiger partial charge in [0, 0.05) is 18.4 Å². The fraction of sp³-hybridized carbons (Fsp3) is 0.111. The standard InChI is InChI=1S/C18H15Cl2N3O2/c19-16-6-3-14(9-17(16)20)23-18(25)13(10-21)11-22-8-7-12-1-4-15(24)5-2-12/h1-6,9,11,22,24H,7-8H2,(H,23,25)/b13-11-. The number of anilines is 1. The first-order valence-corrected chi connectivity index (χ1v) is 8.13. The predicted octanol–water partition coefficient (Wildman–Crippen LogP) is 3.88. The van der Waals surface area contributed by atoms with E-state index in [0.29, 0.717) is 28.7 Å². The quantitative estimate of drug-likeness (QED) is 0.406. The zero-order valence-corrected chi connectivity index (χ0v) is 14.6. The number of phenols is 1. The minimum atomic E-state index is -0.543. The number of rotatable bonds is 6. The zero-order valence-electron chi connectivity index (χ0n) is 13.1. The van der Waals surface area contributed by atoms with E-state index in [1.165, 1.54) is 12.3 Å². The molecular weight excluding hydrogens is 361 g/mol. The van der Waals surface area contributed by atoms with Crippen LogP contribution in [0.4, 0.5) is 5.69 Å². The van der Waals surface area contributed by atoms with Crippen molar-refractivity contribution in [3.63, 3.8) is 0 Å². The molecule has 0 aliphatic rings. The molecule has 0 saturated heterocycles. The van der Waals surface area contributed by atoms with E-state index in [1.54, 1.807) is 24.3 Å². The average Bonchev–Trinajstić information content (AvgIpc) is 2.59. The van der Waals surface area contributed by atoms with E-state index in [2.05, 4.69) is 10.6 Å². The van der Waals surface area contributed by atoms with Crippen molar-refractivity contribution in [1.82, 2.24) is 5.32 Å². The van der Waals surface area contributed by atoms with Gasteiger partial charge < -0.3 is 15.7 Å². The van der Waals surface area contributed by atoms with E-state index in [4.69, 9.17) is 28.5 Å². The lowest BCUT2D eigenvalue weighted by Gasteiger charge is -2.06. The van der Waals surface area contributed by atoms with Crippen molar-refractivity contribution in [2.45, 2.75) is 6.42 Å². The molecule has 0 spiro atoms. The number of phenolic OH excluding ortho intramolecular Hbond substituents is 1. The zero-order chi connectivity index (χ0) is 18.2. The highest BCUT2D eigenvalue weighted by Crippen LogP contribution is 2.25. The van der Waals surface area contributed by atoms with Crippen LogP contribution in [0.25, 0.3) is 0 Å². The molecule has 2 rings (SSSR count). The van der Waals surface area contributed by atoms with E-state index < -0.39 is 5.91 Å². The number of nitrogens with zero attached hydrogens (tertiary/aromatic N) is 1. The molecule has 7 heteroatoms. The van der Waals surface area contributed by atoms with Crippen LogP contribution in [-0.2, 0) is 11.2 Å². The molecular formula is C18H15Cl2N3O2. The van der Waals surface area contributed by atoms with E-state index in [9.17, 15) is 9.90 Å². The van der Waals surface area contributed by atoms with Crippen LogP contribution in [0, 0.1) is 11.3 Å². The van der Waals surface area contributed by atoms with E-state index in [0.717, 1.165) is 5.56 Å². The van der Waals surface area contributed by atoms with Gasteiger partial charge in [0.25, 0.3) is 5.91 Å². The van der Waals surface area contributed by atoms with Gasteiger partial charge in [0.05, 0.1) is 10.0 Å². The Morgan fingerprint density at radius 2 is 1.88 bits per heavy atom. The number of hydrogen-bond donors (Lipinski definition) is 3. The molecule has 0 aliphatic carbocycles. The molecule has 0 aliphatic heterocycles. The fourth-order valence-electron chi connectivity index (χ4n) is 1.97. The van der Waals surface area contributed by atoms with Gasteiger partial charge in [-0.2, -0.15) is 5.26 Å². The molecule has 0 bridgehead atoms. The van der Waals surface area contributed by atoms with Crippen LogP contribution in [0.1, 0.15) is 5.56 Å².